The second kappa shape index (κ2) is 8.59. The van der Waals surface area contributed by atoms with E-state index in [-0.39, 0.29) is 6.61 Å². The lowest BCUT2D eigenvalue weighted by Gasteiger charge is -2.09. The van der Waals surface area contributed by atoms with E-state index in [0.717, 1.165) is 16.7 Å². The summed E-state index contributed by atoms with van der Waals surface area (Å²) in [5.74, 6) is 0.0140. The van der Waals surface area contributed by atoms with Gasteiger partial charge in [0.25, 0.3) is 0 Å². The van der Waals surface area contributed by atoms with Crippen molar-refractivity contribution in [1.82, 2.24) is 0 Å². The van der Waals surface area contributed by atoms with Crippen molar-refractivity contribution in [3.63, 3.8) is 0 Å². The molecule has 0 aliphatic heterocycles. The van der Waals surface area contributed by atoms with E-state index in [9.17, 15) is 9.00 Å². The van der Waals surface area contributed by atoms with Gasteiger partial charge in [-0.15, -0.1) is 0 Å². The minimum atomic E-state index is -1.20. The number of esters is 1. The molecule has 0 saturated heterocycles. The first-order chi connectivity index (χ1) is 12.7. The largest absolute Gasteiger partial charge is 0.457 e. The highest BCUT2D eigenvalue weighted by Crippen LogP contribution is 2.20. The highest BCUT2D eigenvalue weighted by atomic mass is 32.2. The molecule has 0 N–H and O–H groups in total. The van der Waals surface area contributed by atoms with E-state index >= 15 is 0 Å². The van der Waals surface area contributed by atoms with Gasteiger partial charge in [0, 0.05) is 5.75 Å². The predicted molar refractivity (Wildman–Crippen MR) is 104 cm³/mol. The van der Waals surface area contributed by atoms with Crippen molar-refractivity contribution in [3.8, 4) is 11.1 Å². The van der Waals surface area contributed by atoms with Crippen LogP contribution in [-0.4, -0.2) is 15.9 Å². The van der Waals surface area contributed by atoms with Crippen molar-refractivity contribution in [2.45, 2.75) is 18.4 Å². The number of carbonyl (C=O) groups excluding carboxylic acids is 1. The highest BCUT2D eigenvalue weighted by molar-refractivity contribution is 7.85. The van der Waals surface area contributed by atoms with E-state index in [1.54, 1.807) is 24.3 Å². The van der Waals surface area contributed by atoms with Crippen LogP contribution in [-0.2, 0) is 22.1 Å². The van der Waals surface area contributed by atoms with Gasteiger partial charge in [0.2, 0.25) is 0 Å². The quantitative estimate of drug-likeness (QED) is 0.588. The van der Waals surface area contributed by atoms with Crippen LogP contribution in [0.5, 0.6) is 0 Å². The van der Waals surface area contributed by atoms with E-state index in [4.69, 9.17) is 4.74 Å². The lowest BCUT2D eigenvalue weighted by molar-refractivity contribution is 0.0468. The van der Waals surface area contributed by atoms with Crippen molar-refractivity contribution >= 4 is 16.8 Å². The number of rotatable bonds is 6. The first-order valence-electron chi connectivity index (χ1n) is 8.48. The maximum Gasteiger partial charge on any atom is 0.339 e. The molecule has 0 radical (unpaired) electrons. The molecule has 0 fully saturated rings. The molecule has 0 aliphatic rings. The molecule has 0 unspecified atom stereocenters. The van der Waals surface area contributed by atoms with E-state index < -0.39 is 16.8 Å². The predicted octanol–water partition coefficient (Wildman–Crippen LogP) is 4.84. The van der Waals surface area contributed by atoms with Crippen LogP contribution in [0, 0.1) is 0 Å². The lowest BCUT2D eigenvalue weighted by Crippen LogP contribution is -2.10. The summed E-state index contributed by atoms with van der Waals surface area (Å²) in [5.41, 5.74) is 3.54. The van der Waals surface area contributed by atoms with Gasteiger partial charge in [-0.25, -0.2) is 4.79 Å². The van der Waals surface area contributed by atoms with Gasteiger partial charge in [0.05, 0.1) is 21.3 Å². The molecule has 1 atom stereocenters. The van der Waals surface area contributed by atoms with Gasteiger partial charge < -0.3 is 4.74 Å². The third-order valence-corrected chi connectivity index (χ3v) is 5.42. The zero-order chi connectivity index (χ0) is 18.4. The van der Waals surface area contributed by atoms with Crippen LogP contribution in [0.1, 0.15) is 22.8 Å². The van der Waals surface area contributed by atoms with Gasteiger partial charge >= 0.3 is 5.97 Å². The summed E-state index contributed by atoms with van der Waals surface area (Å²) in [4.78, 5) is 12.9. The van der Waals surface area contributed by atoms with Crippen LogP contribution in [0.4, 0.5) is 0 Å². The van der Waals surface area contributed by atoms with Crippen molar-refractivity contribution < 1.29 is 13.7 Å². The third-order valence-electron chi connectivity index (χ3n) is 4.05. The second-order valence-electron chi connectivity index (χ2n) is 5.77. The summed E-state index contributed by atoms with van der Waals surface area (Å²) in [7, 11) is -1.20. The van der Waals surface area contributed by atoms with Gasteiger partial charge in [-0.05, 0) is 28.8 Å². The third kappa shape index (κ3) is 4.27. The molecule has 26 heavy (non-hydrogen) atoms. The molecule has 0 bridgehead atoms. The molecule has 3 nitrogen and oxygen atoms in total. The van der Waals surface area contributed by atoms with Crippen LogP contribution < -0.4 is 0 Å². The summed E-state index contributed by atoms with van der Waals surface area (Å²) in [5, 5.41) is 0. The van der Waals surface area contributed by atoms with Crippen LogP contribution in [0.15, 0.2) is 83.8 Å². The van der Waals surface area contributed by atoms with Gasteiger partial charge in [0.15, 0.2) is 0 Å². The smallest absolute Gasteiger partial charge is 0.339 e. The zero-order valence-corrected chi connectivity index (χ0v) is 15.4. The molecule has 0 amide bonds. The Labute approximate surface area is 156 Å². The summed E-state index contributed by atoms with van der Waals surface area (Å²) in [6, 6.07) is 24.9. The molecule has 0 heterocycles. The van der Waals surface area contributed by atoms with E-state index in [1.807, 2.05) is 49.4 Å². The van der Waals surface area contributed by atoms with E-state index in [1.165, 1.54) is 0 Å². The zero-order valence-electron chi connectivity index (χ0n) is 14.6. The maximum atomic E-state index is 12.4. The minimum absolute atomic E-state index is 0.182. The van der Waals surface area contributed by atoms with Gasteiger partial charge in [-0.1, -0.05) is 73.7 Å². The van der Waals surface area contributed by atoms with Crippen molar-refractivity contribution in [2.24, 2.45) is 0 Å². The molecule has 3 aromatic carbocycles. The number of hydrogen-bond donors (Lipinski definition) is 0. The number of ether oxygens (including phenoxy) is 1. The summed E-state index contributed by atoms with van der Waals surface area (Å²) in [6.45, 7) is 2.01. The molecule has 3 rings (SSSR count). The van der Waals surface area contributed by atoms with Crippen molar-refractivity contribution in [3.05, 3.63) is 90.0 Å². The van der Waals surface area contributed by atoms with Crippen molar-refractivity contribution in [1.29, 1.82) is 0 Å². The first-order valence-corrected chi connectivity index (χ1v) is 9.80. The highest BCUT2D eigenvalue weighted by Gasteiger charge is 2.16. The molecular weight excluding hydrogens is 344 g/mol. The topological polar surface area (TPSA) is 43.4 Å². The fourth-order valence-corrected chi connectivity index (χ4v) is 3.58. The molecule has 0 aliphatic carbocycles. The Morgan fingerprint density at radius 3 is 2.15 bits per heavy atom. The Morgan fingerprint density at radius 2 is 1.46 bits per heavy atom. The molecule has 0 spiro atoms. The molecule has 0 aromatic heterocycles. The SMILES string of the molecule is CC[S@@](=O)c1ccccc1C(=O)OCc1ccc(-c2ccccc2)cc1. The molecule has 4 heteroatoms. The Morgan fingerprint density at radius 1 is 0.846 bits per heavy atom. The Bertz CT molecular complexity index is 902. The summed E-state index contributed by atoms with van der Waals surface area (Å²) < 4.78 is 17.5. The average Bonchev–Trinajstić information content (AvgIpc) is 2.72. The average molecular weight is 364 g/mol. The molecular formula is C22H20O3S. The van der Waals surface area contributed by atoms with Gasteiger partial charge in [0.1, 0.15) is 6.61 Å². The molecule has 0 saturated carbocycles. The van der Waals surface area contributed by atoms with Crippen LogP contribution >= 0.6 is 0 Å². The Hall–Kier alpha value is -2.72. The number of hydrogen-bond acceptors (Lipinski definition) is 3. The van der Waals surface area contributed by atoms with Crippen LogP contribution in [0.2, 0.25) is 0 Å². The van der Waals surface area contributed by atoms with Crippen LogP contribution in [0.3, 0.4) is 0 Å². The Kier molecular flexibility index (Phi) is 5.97. The first kappa shape index (κ1) is 18.1. The monoisotopic (exact) mass is 364 g/mol. The van der Waals surface area contributed by atoms with Gasteiger partial charge in [-0.3, -0.25) is 4.21 Å². The minimum Gasteiger partial charge on any atom is -0.457 e. The normalized spacial score (nSPS) is 11.7. The van der Waals surface area contributed by atoms with Crippen LogP contribution in [0.25, 0.3) is 11.1 Å². The fraction of sp³-hybridized carbons (Fsp3) is 0.136. The number of carbonyl (C=O) groups is 1. The standard InChI is InChI=1S/C22H20O3S/c1-2-26(24)21-11-7-6-10-20(21)22(23)25-16-17-12-14-19(15-13-17)18-8-4-3-5-9-18/h3-15H,2,16H2,1H3/t26-/m1/s1. The Balaban J connectivity index is 1.68. The van der Waals surface area contributed by atoms with E-state index in [0.29, 0.717) is 16.2 Å². The lowest BCUT2D eigenvalue weighted by atomic mass is 10.0. The summed E-state index contributed by atoms with van der Waals surface area (Å²) in [6.07, 6.45) is 0. The second-order valence-corrected chi connectivity index (χ2v) is 7.48. The summed E-state index contributed by atoms with van der Waals surface area (Å²) >= 11 is 0. The molecule has 132 valence electrons. The fourth-order valence-electron chi connectivity index (χ4n) is 2.64. The van der Waals surface area contributed by atoms with E-state index in [2.05, 4.69) is 12.1 Å². The van der Waals surface area contributed by atoms with Gasteiger partial charge in [-0.2, -0.15) is 0 Å². The van der Waals surface area contributed by atoms with Crippen molar-refractivity contribution in [2.75, 3.05) is 5.75 Å². The maximum absolute atomic E-state index is 12.4. The molecule has 3 aromatic rings. The number of benzene rings is 3.